The van der Waals surface area contributed by atoms with Crippen molar-refractivity contribution in [3.8, 4) is 17.2 Å². The molecule has 362 valence electrons. The van der Waals surface area contributed by atoms with Crippen molar-refractivity contribution >= 4 is 45.5 Å². The first-order valence-corrected chi connectivity index (χ1v) is 26.5. The van der Waals surface area contributed by atoms with Gasteiger partial charge in [-0.15, -0.1) is 23.5 Å². The van der Waals surface area contributed by atoms with E-state index in [4.69, 9.17) is 14.1 Å². The maximum absolute atomic E-state index is 6.66. The first kappa shape index (κ1) is 59.8. The van der Waals surface area contributed by atoms with E-state index in [1.165, 1.54) is 51.2 Å². The molecule has 0 aliphatic heterocycles. The summed E-state index contributed by atoms with van der Waals surface area (Å²) in [5.74, 6) is 3.51. The molecule has 0 saturated carbocycles. The van der Waals surface area contributed by atoms with Gasteiger partial charge in [0, 0.05) is 21.1 Å². The van der Waals surface area contributed by atoms with Crippen LogP contribution < -0.4 is 9.47 Å². The summed E-state index contributed by atoms with van der Waals surface area (Å²) in [6.07, 6.45) is 28.2. The number of nitrogens with zero attached hydrogens (tertiary/aromatic N) is 2. The molecule has 7 heteroatoms. The molecular weight excluding hydrogens is 861 g/mol. The van der Waals surface area contributed by atoms with Crippen LogP contribution in [-0.4, -0.2) is 16.6 Å². The molecule has 0 fully saturated rings. The summed E-state index contributed by atoms with van der Waals surface area (Å²) in [5.41, 5.74) is 10.8. The van der Waals surface area contributed by atoms with Gasteiger partial charge in [0.15, 0.2) is 11.5 Å². The van der Waals surface area contributed by atoms with E-state index in [2.05, 4.69) is 134 Å². The Balaban J connectivity index is 0.000000851. The second kappa shape index (κ2) is 34.1. The van der Waals surface area contributed by atoms with Crippen LogP contribution in [0.1, 0.15) is 138 Å². The number of hydrogen-bond donors (Lipinski definition) is 0. The van der Waals surface area contributed by atoms with Gasteiger partial charge in [0.2, 0.25) is 0 Å². The van der Waals surface area contributed by atoms with E-state index in [0.717, 1.165) is 23.3 Å². The van der Waals surface area contributed by atoms with Gasteiger partial charge in [-0.1, -0.05) is 200 Å². The summed E-state index contributed by atoms with van der Waals surface area (Å²) >= 11 is 3.54. The Morgan fingerprint density at radius 1 is 0.806 bits per heavy atom. The fraction of sp³-hybridized carbons (Fsp3) is 0.367. The fourth-order valence-corrected chi connectivity index (χ4v) is 8.93. The van der Waals surface area contributed by atoms with Gasteiger partial charge in [-0.25, -0.2) is 4.63 Å². The molecule has 1 aromatic heterocycles. The maximum atomic E-state index is 6.66. The van der Waals surface area contributed by atoms with Crippen LogP contribution in [0.5, 0.6) is 17.2 Å². The van der Waals surface area contributed by atoms with Gasteiger partial charge in [-0.2, -0.15) is 0 Å². The van der Waals surface area contributed by atoms with E-state index in [-0.39, 0.29) is 5.92 Å². The Morgan fingerprint density at radius 3 is 2.03 bits per heavy atom. The third-order valence-electron chi connectivity index (χ3n) is 10.3. The molecule has 4 aromatic rings. The SMILES string of the molecule is C/C=C(\SC)c1c(CC)cccc1CCC.C=C/C=C(SCc1c(Oc2ccccc2)c(OC2=CCC=CC=C2)c(C=C)c2nonc12)/C(C(=C\C=C)/C(C)C)=C(/C)C(C)C.CC.CC.CC. The third kappa shape index (κ3) is 17.4. The van der Waals surface area contributed by atoms with Crippen molar-refractivity contribution in [3.05, 3.63) is 184 Å². The molecule has 1 aliphatic rings. The zero-order valence-electron chi connectivity index (χ0n) is 43.7. The summed E-state index contributed by atoms with van der Waals surface area (Å²) in [4.78, 5) is 2.50. The molecule has 1 heterocycles. The normalized spacial score (nSPS) is 12.7. The number of rotatable bonds is 19. The van der Waals surface area contributed by atoms with Crippen LogP contribution >= 0.6 is 23.5 Å². The molecule has 5 nitrogen and oxygen atoms in total. The minimum Gasteiger partial charge on any atom is -0.453 e. The predicted molar refractivity (Wildman–Crippen MR) is 301 cm³/mol. The topological polar surface area (TPSA) is 57.4 Å². The number of aryl methyl sites for hydroxylation is 2. The quantitative estimate of drug-likeness (QED) is 0.0868. The number of hydrogen-bond acceptors (Lipinski definition) is 7. The molecule has 5 rings (SSSR count). The van der Waals surface area contributed by atoms with Crippen LogP contribution in [0, 0.1) is 11.8 Å². The van der Waals surface area contributed by atoms with Gasteiger partial charge in [0.25, 0.3) is 0 Å². The number of fused-ring (bicyclic) bond motifs is 1. The van der Waals surface area contributed by atoms with Crippen molar-refractivity contribution in [1.29, 1.82) is 0 Å². The lowest BCUT2D eigenvalue weighted by molar-refractivity contribution is 0.315. The summed E-state index contributed by atoms with van der Waals surface area (Å²) in [5, 5.41) is 8.64. The first-order valence-electron chi connectivity index (χ1n) is 24.3. The number of aromatic nitrogens is 2. The van der Waals surface area contributed by atoms with E-state index >= 15 is 0 Å². The van der Waals surface area contributed by atoms with E-state index in [1.807, 2.05) is 120 Å². The highest BCUT2D eigenvalue weighted by molar-refractivity contribution is 8.07. The summed E-state index contributed by atoms with van der Waals surface area (Å²) in [6.45, 7) is 41.8. The van der Waals surface area contributed by atoms with Crippen LogP contribution in [0.25, 0.3) is 22.0 Å². The number of allylic oxidation sites excluding steroid dienone is 13. The molecule has 3 aromatic carbocycles. The van der Waals surface area contributed by atoms with Crippen molar-refractivity contribution in [2.45, 2.75) is 128 Å². The lowest BCUT2D eigenvalue weighted by atomic mass is 9.87. The zero-order valence-corrected chi connectivity index (χ0v) is 45.3. The Bertz CT molecular complexity index is 2350. The molecule has 0 N–H and O–H groups in total. The molecule has 0 amide bonds. The lowest BCUT2D eigenvalue weighted by Gasteiger charge is -2.24. The average molecular weight is 943 g/mol. The van der Waals surface area contributed by atoms with E-state index in [0.29, 0.717) is 51.3 Å². The van der Waals surface area contributed by atoms with E-state index in [1.54, 1.807) is 17.8 Å². The zero-order chi connectivity index (χ0) is 50.3. The van der Waals surface area contributed by atoms with Gasteiger partial charge in [0.05, 0.1) is 5.56 Å². The van der Waals surface area contributed by atoms with Gasteiger partial charge in [-0.05, 0) is 120 Å². The number of benzene rings is 3. The van der Waals surface area contributed by atoms with Gasteiger partial charge >= 0.3 is 0 Å². The van der Waals surface area contributed by atoms with Crippen LogP contribution in [0.15, 0.2) is 161 Å². The first-order chi connectivity index (χ1) is 32.6. The Kier molecular flexibility index (Phi) is 30.4. The second-order valence-electron chi connectivity index (χ2n) is 15.1. The van der Waals surface area contributed by atoms with Gasteiger partial charge in [-0.3, -0.25) is 0 Å². The van der Waals surface area contributed by atoms with Crippen LogP contribution in [-0.2, 0) is 18.6 Å². The monoisotopic (exact) mass is 943 g/mol. The molecule has 0 atom stereocenters. The maximum Gasteiger partial charge on any atom is 0.179 e. The largest absolute Gasteiger partial charge is 0.453 e. The highest BCUT2D eigenvalue weighted by atomic mass is 32.2. The highest BCUT2D eigenvalue weighted by Gasteiger charge is 2.27. The van der Waals surface area contributed by atoms with Crippen LogP contribution in [0.4, 0.5) is 0 Å². The smallest absolute Gasteiger partial charge is 0.179 e. The van der Waals surface area contributed by atoms with Crippen LogP contribution in [0.3, 0.4) is 0 Å². The van der Waals surface area contributed by atoms with E-state index in [9.17, 15) is 0 Å². The van der Waals surface area contributed by atoms with E-state index < -0.39 is 0 Å². The van der Waals surface area contributed by atoms with Crippen molar-refractivity contribution in [3.63, 3.8) is 0 Å². The summed E-state index contributed by atoms with van der Waals surface area (Å²) in [6, 6.07) is 16.4. The summed E-state index contributed by atoms with van der Waals surface area (Å²) in [7, 11) is 0. The lowest BCUT2D eigenvalue weighted by Crippen LogP contribution is -2.07. The van der Waals surface area contributed by atoms with Gasteiger partial charge in [0.1, 0.15) is 22.5 Å². The predicted octanol–water partition coefficient (Wildman–Crippen LogP) is 19.5. The van der Waals surface area contributed by atoms with Crippen molar-refractivity contribution in [2.24, 2.45) is 11.8 Å². The molecule has 67 heavy (non-hydrogen) atoms. The highest BCUT2D eigenvalue weighted by Crippen LogP contribution is 2.48. The molecule has 1 aliphatic carbocycles. The standard InChI is InChI=1S/C39H42N2O3S.C15H22S.3C2H6/c1-9-19-32(27(6)7)35(28(8)26(4)5)34(20-10-2)45-25-33-37-36(40-44-41-37)31(11-3)38(42-29-21-15-12-13-16-22-29)39(33)43-30-23-17-14-18-24-30;1-5-9-13-11-8-10-12(6-2)15(13)14(7-3)16-4;3*1-2/h9-15,17-24,26-27H,1-3,16,25H2,4-8H3;7-8,10-11H,5-6,9H2,1-4H3;3*1-2H3/b32-19-,34-20-,35-28-;14-7-;;;. The Hall–Kier alpha value is -5.24. The van der Waals surface area contributed by atoms with Crippen molar-refractivity contribution < 1.29 is 14.1 Å². The summed E-state index contributed by atoms with van der Waals surface area (Å²) < 4.78 is 18.6. The second-order valence-corrected chi connectivity index (χ2v) is 16.9. The fourth-order valence-electron chi connectivity index (χ4n) is 7.04. The Labute approximate surface area is 415 Å². The van der Waals surface area contributed by atoms with Crippen molar-refractivity contribution in [1.82, 2.24) is 10.3 Å². The van der Waals surface area contributed by atoms with Gasteiger partial charge < -0.3 is 9.47 Å². The number of ether oxygens (including phenoxy) is 2. The molecule has 0 unspecified atom stereocenters. The molecule has 0 saturated heterocycles. The minimum absolute atomic E-state index is 0.284. The van der Waals surface area contributed by atoms with Crippen LogP contribution in [0.2, 0.25) is 0 Å². The average Bonchev–Trinajstić information content (AvgIpc) is 3.70. The molecular formula is C60H82N2O3S2. The minimum atomic E-state index is 0.284. The number of thioether (sulfide) groups is 2. The third-order valence-corrected chi connectivity index (χ3v) is 12.3. The molecule has 0 radical (unpaired) electrons. The molecule has 0 bridgehead atoms. The number of para-hydroxylation sites is 1. The molecule has 0 spiro atoms. The van der Waals surface area contributed by atoms with Crippen molar-refractivity contribution in [2.75, 3.05) is 6.26 Å². The Morgan fingerprint density at radius 2 is 1.46 bits per heavy atom.